The van der Waals surface area contributed by atoms with Gasteiger partial charge in [0.15, 0.2) is 0 Å². The number of anilines is 2. The van der Waals surface area contributed by atoms with Gasteiger partial charge in [0.05, 0.1) is 69.1 Å². The van der Waals surface area contributed by atoms with Gasteiger partial charge >= 0.3 is 0 Å². The van der Waals surface area contributed by atoms with E-state index >= 15 is 0 Å². The van der Waals surface area contributed by atoms with Crippen molar-refractivity contribution in [1.82, 2.24) is 50.0 Å². The minimum absolute atomic E-state index is 0.0333. The van der Waals surface area contributed by atoms with E-state index < -0.39 is 40.5 Å². The van der Waals surface area contributed by atoms with E-state index in [1.54, 1.807) is 23.7 Å². The Hall–Kier alpha value is -7.07. The minimum Gasteiger partial charge on any atom is -0.391 e. The maximum atomic E-state index is 14.2. The molecule has 21 heteroatoms. The number of aromatic nitrogens is 4. The molecular formula is C59H73FN12O7S. The van der Waals surface area contributed by atoms with Gasteiger partial charge in [-0.05, 0) is 80.3 Å². The monoisotopic (exact) mass is 1110 g/mol. The van der Waals surface area contributed by atoms with Crippen LogP contribution in [0.5, 0.6) is 0 Å². The van der Waals surface area contributed by atoms with Crippen LogP contribution in [-0.4, -0.2) is 163 Å². The zero-order valence-electron chi connectivity index (χ0n) is 46.4. The summed E-state index contributed by atoms with van der Waals surface area (Å²) >= 11 is 1.57. The van der Waals surface area contributed by atoms with Gasteiger partial charge in [0.25, 0.3) is 0 Å². The summed E-state index contributed by atoms with van der Waals surface area (Å²) in [7, 11) is 0. The predicted molar refractivity (Wildman–Crippen MR) is 304 cm³/mol. The molecular weight excluding hydrogens is 1040 g/mol. The Morgan fingerprint density at radius 2 is 1.70 bits per heavy atom. The van der Waals surface area contributed by atoms with E-state index in [0.717, 1.165) is 44.2 Å². The van der Waals surface area contributed by atoms with E-state index in [1.165, 1.54) is 17.0 Å². The number of carbonyl (C=O) groups is 5. The highest BCUT2D eigenvalue weighted by Gasteiger charge is 2.51. The van der Waals surface area contributed by atoms with Crippen molar-refractivity contribution in [1.29, 1.82) is 0 Å². The first kappa shape index (κ1) is 56.2. The quantitative estimate of drug-likeness (QED) is 0.0743. The molecule has 424 valence electrons. The first-order valence-electron chi connectivity index (χ1n) is 27.8. The lowest BCUT2D eigenvalue weighted by atomic mass is 9.71. The molecule has 6 N–H and O–H groups in total. The summed E-state index contributed by atoms with van der Waals surface area (Å²) in [4.78, 5) is 90.5. The van der Waals surface area contributed by atoms with Gasteiger partial charge in [-0.15, -0.1) is 11.3 Å². The molecule has 4 fully saturated rings. The Labute approximate surface area is 469 Å². The number of amides is 5. The molecule has 6 atom stereocenters. The molecule has 2 unspecified atom stereocenters. The number of aliphatic hydroxyl groups excluding tert-OH is 1. The first-order valence-corrected chi connectivity index (χ1v) is 28.7. The van der Waals surface area contributed by atoms with Crippen LogP contribution in [0.3, 0.4) is 0 Å². The second-order valence-electron chi connectivity index (χ2n) is 23.5. The van der Waals surface area contributed by atoms with Crippen molar-refractivity contribution in [2.45, 2.75) is 116 Å². The van der Waals surface area contributed by atoms with E-state index in [4.69, 9.17) is 4.98 Å². The number of hydrogen-bond acceptors (Lipinski definition) is 14. The molecule has 5 amide bonds. The number of benzene rings is 1. The van der Waals surface area contributed by atoms with Crippen LogP contribution in [0.1, 0.15) is 96.1 Å². The van der Waals surface area contributed by atoms with Gasteiger partial charge in [-0.25, -0.2) is 19.3 Å². The van der Waals surface area contributed by atoms with E-state index in [2.05, 4.69) is 41.0 Å². The third-order valence-corrected chi connectivity index (χ3v) is 17.9. The number of fused-ring (bicyclic) bond motifs is 2. The fraction of sp³-hybridized carbons (Fsp3) is 0.492. The molecule has 1 aliphatic carbocycles. The van der Waals surface area contributed by atoms with E-state index in [-0.39, 0.29) is 67.3 Å². The Kier molecular flexibility index (Phi) is 16.0. The van der Waals surface area contributed by atoms with E-state index in [9.17, 15) is 38.6 Å². The molecule has 10 rings (SSSR count). The van der Waals surface area contributed by atoms with Gasteiger partial charge in [-0.3, -0.25) is 33.3 Å². The van der Waals surface area contributed by atoms with Crippen molar-refractivity contribution >= 4 is 63.6 Å². The predicted octanol–water partition coefficient (Wildman–Crippen LogP) is 5.26. The summed E-state index contributed by atoms with van der Waals surface area (Å²) in [5.41, 5.74) is 6.19. The van der Waals surface area contributed by atoms with Crippen LogP contribution in [0.2, 0.25) is 0 Å². The summed E-state index contributed by atoms with van der Waals surface area (Å²) in [6.45, 7) is 15.7. The number of likely N-dealkylation sites (tertiary alicyclic amines) is 1. The number of piperidine rings is 1. The van der Waals surface area contributed by atoms with Crippen molar-refractivity contribution in [2.75, 3.05) is 69.1 Å². The van der Waals surface area contributed by atoms with Crippen LogP contribution >= 0.6 is 11.3 Å². The summed E-state index contributed by atoms with van der Waals surface area (Å²) in [6, 6.07) is 12.0. The molecule has 4 saturated heterocycles. The van der Waals surface area contributed by atoms with Crippen molar-refractivity contribution < 1.29 is 38.6 Å². The number of piperazine rings is 1. The molecule has 0 spiro atoms. The first-order chi connectivity index (χ1) is 38.2. The number of β-amino-alcohol motifs (C(OH)–C–C–N with tert-alkyl or cyclic N) is 2. The smallest absolute Gasteiger partial charge is 0.246 e. The Balaban J connectivity index is 0.647. The normalized spacial score (nSPS) is 23.0. The number of hydrogen-bond donors (Lipinski definition) is 6. The van der Waals surface area contributed by atoms with Gasteiger partial charge in [0.2, 0.25) is 29.5 Å². The molecule has 5 aromatic rings. The second kappa shape index (κ2) is 22.8. The van der Waals surface area contributed by atoms with Crippen molar-refractivity contribution in [3.8, 4) is 10.4 Å². The fourth-order valence-electron chi connectivity index (χ4n) is 12.0. The van der Waals surface area contributed by atoms with Crippen LogP contribution in [0.15, 0.2) is 90.4 Å². The highest BCUT2D eigenvalue weighted by atomic mass is 32.1. The number of aliphatic hydroxyl groups is 2. The lowest BCUT2D eigenvalue weighted by molar-refractivity contribution is -0.144. The van der Waals surface area contributed by atoms with Gasteiger partial charge in [-0.2, -0.15) is 0 Å². The van der Waals surface area contributed by atoms with Crippen molar-refractivity contribution in [3.05, 3.63) is 113 Å². The van der Waals surface area contributed by atoms with Crippen LogP contribution in [0.4, 0.5) is 15.9 Å². The molecule has 80 heavy (non-hydrogen) atoms. The average Bonchev–Trinajstić information content (AvgIpc) is 4.27. The maximum absolute atomic E-state index is 14.2. The number of nitrogens with one attached hydrogen (secondary N) is 4. The van der Waals surface area contributed by atoms with E-state index in [1.807, 2.05) is 111 Å². The molecule has 19 nitrogen and oxygen atoms in total. The molecule has 5 aliphatic rings. The Morgan fingerprint density at radius 3 is 2.39 bits per heavy atom. The Morgan fingerprint density at radius 1 is 0.950 bits per heavy atom. The third-order valence-electron chi connectivity index (χ3n) is 16.9. The van der Waals surface area contributed by atoms with Gasteiger partial charge in [0, 0.05) is 96.0 Å². The average molecular weight is 1110 g/mol. The molecule has 0 radical (unpaired) electrons. The van der Waals surface area contributed by atoms with Crippen molar-refractivity contribution in [3.63, 3.8) is 0 Å². The van der Waals surface area contributed by atoms with Gasteiger partial charge in [0.1, 0.15) is 29.4 Å². The summed E-state index contributed by atoms with van der Waals surface area (Å²) < 4.78 is 15.8. The summed E-state index contributed by atoms with van der Waals surface area (Å²) in [5, 5.41) is 34.9. The lowest BCUT2D eigenvalue weighted by Crippen LogP contribution is -2.57. The minimum atomic E-state index is -0.975. The number of aryl methyl sites for hydroxylation is 1. The molecule has 8 heterocycles. The highest BCUT2D eigenvalue weighted by Crippen LogP contribution is 2.45. The highest BCUT2D eigenvalue weighted by molar-refractivity contribution is 7.13. The third kappa shape index (κ3) is 11.7. The van der Waals surface area contributed by atoms with Crippen LogP contribution < -0.4 is 26.2 Å². The number of carbonyl (C=O) groups excluding carboxylic acids is 5. The number of thiazole rings is 1. The van der Waals surface area contributed by atoms with Crippen LogP contribution in [0.25, 0.3) is 21.7 Å². The second-order valence-corrected chi connectivity index (χ2v) is 24.3. The fourth-order valence-corrected chi connectivity index (χ4v) is 12.8. The molecule has 4 aromatic heterocycles. The number of pyridine rings is 2. The molecule has 4 aliphatic heterocycles. The maximum Gasteiger partial charge on any atom is 0.246 e. The van der Waals surface area contributed by atoms with Gasteiger partial charge in [-0.1, -0.05) is 57.2 Å². The zero-order chi connectivity index (χ0) is 56.7. The SMILES string of the molecule is Cc1ncsc1-c1ccc([C@H](C)NC(=O)[C@@H]2C[C@@H](O)CN2C(=O)[C@@H](NC(=O)CCCC(=O)N2CCN(CC3(O)CCN(c4ccc(NC5C=CC(c6cnc7cc(F)ccn67)=C6CNC(=O)C65C)nc4)CC3)CC2)C(C)(C)C)cc1. The zero-order valence-corrected chi connectivity index (χ0v) is 47.2. The lowest BCUT2D eigenvalue weighted by Gasteiger charge is -2.43. The summed E-state index contributed by atoms with van der Waals surface area (Å²) in [5.74, 6) is -1.08. The van der Waals surface area contributed by atoms with Crippen LogP contribution in [0, 0.1) is 23.6 Å². The standard InChI is InChI=1S/C59H73FN12O7S/c1-36(38-10-12-39(13-11-38)52-37(2)64-35-80-52)65-54(76)45-29-42(73)33-72(45)55(77)53(57(3,4)5)67-50(74)8-7-9-51(75)70-26-24-68(25-27-70)34-59(79)19-22-69(23-20-59)41-14-17-48(61-30-41)66-47-16-15-43(44-31-63-56(78)58(44,47)6)46-32-62-49-28-40(60)18-21-71(46)49/h10-18,21,28,30,32,35-36,42,45,47,53,73,79H,7-9,19-20,22-27,29,31,33-34H2,1-6H3,(H,61,66)(H,63,78)(H,65,76)(H,67,74)/t36-,42+,45-,47?,53+,58?/m0/s1. The number of halogens is 1. The number of nitrogens with zero attached hydrogens (tertiary/aromatic N) is 8. The molecule has 1 aromatic carbocycles. The Bertz CT molecular complexity index is 3190. The van der Waals surface area contributed by atoms with Crippen LogP contribution in [-0.2, 0) is 24.0 Å². The number of imidazole rings is 1. The van der Waals surface area contributed by atoms with E-state index in [0.29, 0.717) is 83.1 Å². The van der Waals surface area contributed by atoms with Crippen molar-refractivity contribution in [2.24, 2.45) is 10.8 Å². The number of rotatable bonds is 16. The molecule has 0 bridgehead atoms. The molecule has 0 saturated carbocycles. The number of allylic oxidation sites excluding steroid dienone is 2. The largest absolute Gasteiger partial charge is 0.391 e. The summed E-state index contributed by atoms with van der Waals surface area (Å²) in [6.07, 6.45) is 9.95. The topological polar surface area (TPSA) is 230 Å². The van der Waals surface area contributed by atoms with Gasteiger partial charge < -0.3 is 46.2 Å².